The maximum Gasteiger partial charge on any atom is 0.155 e. The Morgan fingerprint density at radius 3 is 2.28 bits per heavy atom. The molecule has 0 aliphatic heterocycles. The van der Waals surface area contributed by atoms with Gasteiger partial charge in [0, 0.05) is 7.05 Å². The van der Waals surface area contributed by atoms with E-state index in [0.717, 1.165) is 11.0 Å². The fourth-order valence-electron chi connectivity index (χ4n) is 2.79. The number of ether oxygens (including phenoxy) is 2. The van der Waals surface area contributed by atoms with E-state index >= 15 is 0 Å². The van der Waals surface area contributed by atoms with Gasteiger partial charge < -0.3 is 19.1 Å². The van der Waals surface area contributed by atoms with E-state index < -0.39 is 0 Å². The van der Waals surface area contributed by atoms with E-state index in [1.165, 1.54) is 14.2 Å². The van der Waals surface area contributed by atoms with E-state index in [4.69, 9.17) is 9.47 Å². The topological polar surface area (TPSA) is 80.3 Å². The molecule has 0 amide bonds. The summed E-state index contributed by atoms with van der Waals surface area (Å²) in [7, 11) is 4.79. The molecule has 0 aliphatic rings. The average Bonchev–Trinajstić information content (AvgIpc) is 2.98. The van der Waals surface area contributed by atoms with Gasteiger partial charge in [0.15, 0.2) is 11.6 Å². The fraction of sp³-hybridized carbons (Fsp3) is 0.158. The summed E-state index contributed by atoms with van der Waals surface area (Å²) in [5.41, 5.74) is 1.97. The number of aliphatic hydroxyl groups is 1. The van der Waals surface area contributed by atoms with Gasteiger partial charge >= 0.3 is 0 Å². The Bertz CT molecular complexity index is 990. The number of benzene rings is 2. The Morgan fingerprint density at radius 1 is 1.08 bits per heavy atom. The van der Waals surface area contributed by atoms with Crippen LogP contribution in [-0.4, -0.2) is 28.9 Å². The zero-order valence-electron chi connectivity index (χ0n) is 14.1. The molecule has 6 heteroatoms. The van der Waals surface area contributed by atoms with E-state index in [1.807, 2.05) is 24.3 Å². The van der Waals surface area contributed by atoms with Crippen molar-refractivity contribution < 1.29 is 14.6 Å². The van der Waals surface area contributed by atoms with Crippen molar-refractivity contribution in [2.75, 3.05) is 14.2 Å². The second kappa shape index (κ2) is 6.57. The average molecular weight is 335 g/mol. The minimum absolute atomic E-state index is 0.0431. The summed E-state index contributed by atoms with van der Waals surface area (Å²) in [5, 5.41) is 20.5. The summed E-state index contributed by atoms with van der Waals surface area (Å²) in [6.45, 7) is 0. The van der Waals surface area contributed by atoms with Gasteiger partial charge in [-0.1, -0.05) is 18.2 Å². The number of methoxy groups -OCH3 is 2. The van der Waals surface area contributed by atoms with Crippen LogP contribution in [0.1, 0.15) is 11.4 Å². The number of hydrogen-bond acceptors (Lipinski definition) is 5. The number of para-hydroxylation sites is 2. The second-order valence-electron chi connectivity index (χ2n) is 5.36. The van der Waals surface area contributed by atoms with Crippen LogP contribution in [0.3, 0.4) is 0 Å². The lowest BCUT2D eigenvalue weighted by Crippen LogP contribution is -2.02. The molecule has 3 aromatic rings. The highest BCUT2D eigenvalue weighted by atomic mass is 16.5. The Kier molecular flexibility index (Phi) is 4.31. The van der Waals surface area contributed by atoms with E-state index in [1.54, 1.807) is 29.8 Å². The molecule has 0 saturated carbocycles. The molecule has 0 aliphatic carbocycles. The first-order chi connectivity index (χ1) is 12.1. The smallest absolute Gasteiger partial charge is 0.155 e. The highest BCUT2D eigenvalue weighted by Crippen LogP contribution is 2.37. The molecule has 25 heavy (non-hydrogen) atoms. The third-order valence-electron chi connectivity index (χ3n) is 4.02. The van der Waals surface area contributed by atoms with Crippen LogP contribution in [0.25, 0.3) is 22.4 Å². The van der Waals surface area contributed by atoms with Crippen molar-refractivity contribution in [1.82, 2.24) is 9.55 Å². The number of nitriles is 1. The van der Waals surface area contributed by atoms with E-state index in [0.29, 0.717) is 22.9 Å². The minimum Gasteiger partial charge on any atom is -0.505 e. The minimum atomic E-state index is -0.241. The van der Waals surface area contributed by atoms with Crippen LogP contribution in [0.2, 0.25) is 0 Å². The highest BCUT2D eigenvalue weighted by Gasteiger charge is 2.22. The van der Waals surface area contributed by atoms with Gasteiger partial charge in [-0.2, -0.15) is 5.26 Å². The molecule has 0 atom stereocenters. The monoisotopic (exact) mass is 335 g/mol. The molecule has 2 aromatic carbocycles. The Balaban J connectivity index is 2.30. The van der Waals surface area contributed by atoms with Crippen LogP contribution in [0.4, 0.5) is 0 Å². The van der Waals surface area contributed by atoms with Gasteiger partial charge in [0.05, 0.1) is 25.3 Å². The lowest BCUT2D eigenvalue weighted by molar-refractivity contribution is 0.385. The molecule has 126 valence electrons. The van der Waals surface area contributed by atoms with Crippen molar-refractivity contribution in [3.63, 3.8) is 0 Å². The molecular formula is C19H17N3O3. The number of aromatic nitrogens is 2. The Hall–Kier alpha value is -3.46. The van der Waals surface area contributed by atoms with Gasteiger partial charge in [-0.25, -0.2) is 4.98 Å². The lowest BCUT2D eigenvalue weighted by Gasteiger charge is -2.13. The molecule has 3 rings (SSSR count). The van der Waals surface area contributed by atoms with Crippen LogP contribution < -0.4 is 9.47 Å². The van der Waals surface area contributed by atoms with Gasteiger partial charge in [0.25, 0.3) is 0 Å². The molecule has 1 aromatic heterocycles. The Morgan fingerprint density at radius 2 is 1.72 bits per heavy atom. The maximum atomic E-state index is 10.9. The number of imidazole rings is 1. The SMILES string of the molecule is COc1cccc(OC)c1C(O)=C(C#N)c1nc2ccccc2n1C. The number of allylic oxidation sites excluding steroid dienone is 1. The van der Waals surface area contributed by atoms with Crippen LogP contribution in [0.5, 0.6) is 11.5 Å². The number of fused-ring (bicyclic) bond motifs is 1. The lowest BCUT2D eigenvalue weighted by atomic mass is 10.1. The van der Waals surface area contributed by atoms with E-state index in [2.05, 4.69) is 11.1 Å². The first-order valence-electron chi connectivity index (χ1n) is 7.58. The predicted molar refractivity (Wildman–Crippen MR) is 95.3 cm³/mol. The van der Waals surface area contributed by atoms with E-state index in [9.17, 15) is 10.4 Å². The first kappa shape index (κ1) is 16.4. The zero-order valence-corrected chi connectivity index (χ0v) is 14.1. The van der Waals surface area contributed by atoms with Crippen molar-refractivity contribution in [3.05, 3.63) is 53.9 Å². The summed E-state index contributed by atoms with van der Waals surface area (Å²) in [6, 6.07) is 14.7. The van der Waals surface area contributed by atoms with Crippen LogP contribution in [0, 0.1) is 11.3 Å². The zero-order chi connectivity index (χ0) is 18.0. The third kappa shape index (κ3) is 2.66. The molecule has 0 bridgehead atoms. The van der Waals surface area contributed by atoms with Gasteiger partial charge in [-0.05, 0) is 24.3 Å². The maximum absolute atomic E-state index is 10.9. The van der Waals surface area contributed by atoms with Crippen LogP contribution >= 0.6 is 0 Å². The summed E-state index contributed by atoms with van der Waals surface area (Å²) in [4.78, 5) is 4.48. The van der Waals surface area contributed by atoms with Crippen molar-refractivity contribution in [2.24, 2.45) is 7.05 Å². The standard InChI is InChI=1S/C19H17N3O3/c1-22-14-8-5-4-7-13(14)21-19(22)12(11-20)18(23)17-15(24-2)9-6-10-16(17)25-3/h4-10,23H,1-3H3. The highest BCUT2D eigenvalue weighted by molar-refractivity contribution is 5.96. The van der Waals surface area contributed by atoms with Crippen molar-refractivity contribution in [2.45, 2.75) is 0 Å². The van der Waals surface area contributed by atoms with Gasteiger partial charge in [-0.15, -0.1) is 0 Å². The van der Waals surface area contributed by atoms with Crippen LogP contribution in [0.15, 0.2) is 42.5 Å². The van der Waals surface area contributed by atoms with Crippen molar-refractivity contribution >= 4 is 22.4 Å². The third-order valence-corrected chi connectivity index (χ3v) is 4.02. The number of aryl methyl sites for hydroxylation is 1. The molecule has 0 saturated heterocycles. The molecule has 0 fully saturated rings. The summed E-state index contributed by atoms with van der Waals surface area (Å²) in [6.07, 6.45) is 0. The normalized spacial score (nSPS) is 11.8. The molecule has 6 nitrogen and oxygen atoms in total. The first-order valence-corrected chi connectivity index (χ1v) is 7.58. The number of rotatable bonds is 4. The predicted octanol–water partition coefficient (Wildman–Crippen LogP) is 3.54. The molecule has 1 heterocycles. The quantitative estimate of drug-likeness (QED) is 0.582. The van der Waals surface area contributed by atoms with Gasteiger partial charge in [-0.3, -0.25) is 0 Å². The number of hydrogen-bond donors (Lipinski definition) is 1. The van der Waals surface area contributed by atoms with Crippen LogP contribution in [-0.2, 0) is 7.05 Å². The summed E-state index contributed by atoms with van der Waals surface area (Å²) >= 11 is 0. The molecule has 0 unspecified atom stereocenters. The molecule has 0 radical (unpaired) electrons. The summed E-state index contributed by atoms with van der Waals surface area (Å²) < 4.78 is 12.4. The molecular weight excluding hydrogens is 318 g/mol. The second-order valence-corrected chi connectivity index (χ2v) is 5.36. The fourth-order valence-corrected chi connectivity index (χ4v) is 2.79. The van der Waals surface area contributed by atoms with E-state index in [-0.39, 0.29) is 11.3 Å². The largest absolute Gasteiger partial charge is 0.505 e. The van der Waals surface area contributed by atoms with Gasteiger partial charge in [0.2, 0.25) is 0 Å². The Labute approximate surface area is 145 Å². The van der Waals surface area contributed by atoms with Crippen molar-refractivity contribution in [1.29, 1.82) is 5.26 Å². The number of nitrogens with zero attached hydrogens (tertiary/aromatic N) is 3. The molecule has 0 spiro atoms. The van der Waals surface area contributed by atoms with Gasteiger partial charge in [0.1, 0.15) is 28.7 Å². The van der Waals surface area contributed by atoms with Crippen molar-refractivity contribution in [3.8, 4) is 17.6 Å². The molecule has 1 N–H and O–H groups in total. The number of aliphatic hydroxyl groups excluding tert-OH is 1. The summed E-state index contributed by atoms with van der Waals surface area (Å²) in [5.74, 6) is 0.941.